The summed E-state index contributed by atoms with van der Waals surface area (Å²) < 4.78 is 1.41. The molecule has 8 heteroatoms. The molecule has 0 aliphatic rings. The van der Waals surface area contributed by atoms with Crippen molar-refractivity contribution in [2.45, 2.75) is 6.54 Å². The zero-order valence-electron chi connectivity index (χ0n) is 14.4. The molecule has 5 nitrogen and oxygen atoms in total. The van der Waals surface area contributed by atoms with Crippen LogP contribution in [-0.2, 0) is 6.54 Å². The van der Waals surface area contributed by atoms with Gasteiger partial charge in [0.05, 0.1) is 22.8 Å². The molecule has 0 fully saturated rings. The monoisotopic (exact) mass is 433 g/mol. The Balaban J connectivity index is 1.75. The predicted molar refractivity (Wildman–Crippen MR) is 113 cm³/mol. The molecule has 0 spiro atoms. The number of carbonyl (C=O) groups is 1. The van der Waals surface area contributed by atoms with Gasteiger partial charge in [0.1, 0.15) is 5.56 Å². The average molecular weight is 435 g/mol. The highest BCUT2D eigenvalue weighted by Gasteiger charge is 2.12. The van der Waals surface area contributed by atoms with Gasteiger partial charge in [-0.15, -0.1) is 0 Å². The van der Waals surface area contributed by atoms with Crippen molar-refractivity contribution in [3.05, 3.63) is 103 Å². The molecule has 1 amide bonds. The minimum absolute atomic E-state index is 0.0224. The summed E-state index contributed by atoms with van der Waals surface area (Å²) in [5.41, 5.74) is 3.39. The first-order chi connectivity index (χ1) is 13.4. The first-order valence-electron chi connectivity index (χ1n) is 8.16. The Kier molecular flexibility index (Phi) is 6.52. The second kappa shape index (κ2) is 9.06. The van der Waals surface area contributed by atoms with Crippen molar-refractivity contribution in [1.82, 2.24) is 9.99 Å². The van der Waals surface area contributed by atoms with E-state index in [1.165, 1.54) is 16.8 Å². The Morgan fingerprint density at radius 3 is 2.61 bits per heavy atom. The number of carbonyl (C=O) groups excluding carboxylic acids is 1. The fraction of sp³-hybridized carbons (Fsp3) is 0.0500. The van der Waals surface area contributed by atoms with E-state index in [-0.39, 0.29) is 12.1 Å². The molecular formula is C20H14Cl3N3O2. The highest BCUT2D eigenvalue weighted by atomic mass is 35.5. The third kappa shape index (κ3) is 5.01. The second-order valence-corrected chi connectivity index (χ2v) is 7.11. The number of pyridine rings is 1. The van der Waals surface area contributed by atoms with Gasteiger partial charge in [0.2, 0.25) is 0 Å². The van der Waals surface area contributed by atoms with Gasteiger partial charge in [-0.25, -0.2) is 5.43 Å². The van der Waals surface area contributed by atoms with Crippen LogP contribution in [0, 0.1) is 0 Å². The molecule has 0 aliphatic heterocycles. The molecule has 1 N–H and O–H groups in total. The molecule has 3 rings (SSSR count). The molecule has 0 aliphatic carbocycles. The van der Waals surface area contributed by atoms with E-state index in [0.717, 1.165) is 11.1 Å². The lowest BCUT2D eigenvalue weighted by atomic mass is 10.2. The summed E-state index contributed by atoms with van der Waals surface area (Å²) >= 11 is 17.8. The van der Waals surface area contributed by atoms with Crippen LogP contribution in [0.3, 0.4) is 0 Å². The van der Waals surface area contributed by atoms with Crippen molar-refractivity contribution >= 4 is 46.9 Å². The van der Waals surface area contributed by atoms with Crippen LogP contribution in [0.1, 0.15) is 21.5 Å². The van der Waals surface area contributed by atoms with Gasteiger partial charge in [0.15, 0.2) is 0 Å². The van der Waals surface area contributed by atoms with E-state index in [1.54, 1.807) is 54.7 Å². The minimum atomic E-state index is -0.605. The summed E-state index contributed by atoms with van der Waals surface area (Å²) in [6.45, 7) is 0.253. The summed E-state index contributed by atoms with van der Waals surface area (Å²) in [6.07, 6.45) is 3.04. The number of aromatic nitrogens is 1. The molecule has 0 radical (unpaired) electrons. The van der Waals surface area contributed by atoms with Crippen molar-refractivity contribution in [1.29, 1.82) is 0 Å². The molecule has 0 saturated carbocycles. The maximum absolute atomic E-state index is 12.6. The van der Waals surface area contributed by atoms with Crippen molar-refractivity contribution in [2.24, 2.45) is 5.10 Å². The highest BCUT2D eigenvalue weighted by molar-refractivity contribution is 6.42. The second-order valence-electron chi connectivity index (χ2n) is 5.86. The SMILES string of the molecule is O=C(N/N=C\c1cccc(Cl)c1)c1cccn(Cc2ccc(Cl)c(Cl)c2)c1=O. The summed E-state index contributed by atoms with van der Waals surface area (Å²) in [7, 11) is 0. The number of nitrogens with one attached hydrogen (secondary N) is 1. The van der Waals surface area contributed by atoms with E-state index < -0.39 is 11.5 Å². The minimum Gasteiger partial charge on any atom is -0.310 e. The number of amides is 1. The van der Waals surface area contributed by atoms with E-state index in [4.69, 9.17) is 34.8 Å². The topological polar surface area (TPSA) is 63.5 Å². The largest absolute Gasteiger partial charge is 0.310 e. The summed E-state index contributed by atoms with van der Waals surface area (Å²) in [5, 5.41) is 5.26. The van der Waals surface area contributed by atoms with Crippen LogP contribution >= 0.6 is 34.8 Å². The highest BCUT2D eigenvalue weighted by Crippen LogP contribution is 2.22. The molecular weight excluding hydrogens is 421 g/mol. The van der Waals surface area contributed by atoms with E-state index in [0.29, 0.717) is 15.1 Å². The first-order valence-corrected chi connectivity index (χ1v) is 9.30. The fourth-order valence-electron chi connectivity index (χ4n) is 2.48. The van der Waals surface area contributed by atoms with E-state index in [1.807, 2.05) is 0 Å². The molecule has 0 saturated heterocycles. The Hall–Kier alpha value is -2.60. The lowest BCUT2D eigenvalue weighted by molar-refractivity contribution is 0.0953. The van der Waals surface area contributed by atoms with Crippen LogP contribution in [0.4, 0.5) is 0 Å². The molecule has 1 aromatic heterocycles. The van der Waals surface area contributed by atoms with Gasteiger partial charge in [-0.2, -0.15) is 5.10 Å². The van der Waals surface area contributed by atoms with Gasteiger partial charge in [-0.1, -0.05) is 53.0 Å². The van der Waals surface area contributed by atoms with Crippen LogP contribution < -0.4 is 11.0 Å². The molecule has 2 aromatic carbocycles. The Morgan fingerprint density at radius 1 is 1.04 bits per heavy atom. The molecule has 0 unspecified atom stereocenters. The number of hydrogen-bond donors (Lipinski definition) is 1. The number of nitrogens with zero attached hydrogens (tertiary/aromatic N) is 2. The van der Waals surface area contributed by atoms with Crippen LogP contribution in [0.5, 0.6) is 0 Å². The molecule has 28 heavy (non-hydrogen) atoms. The van der Waals surface area contributed by atoms with Crippen molar-refractivity contribution < 1.29 is 4.79 Å². The van der Waals surface area contributed by atoms with E-state index in [2.05, 4.69) is 10.5 Å². The number of hydrazone groups is 1. The lowest BCUT2D eigenvalue weighted by Gasteiger charge is -2.08. The fourth-order valence-corrected chi connectivity index (χ4v) is 3.00. The van der Waals surface area contributed by atoms with Crippen LogP contribution in [0.25, 0.3) is 0 Å². The number of halogens is 3. The summed E-state index contributed by atoms with van der Waals surface area (Å²) in [4.78, 5) is 24.9. The number of hydrogen-bond acceptors (Lipinski definition) is 3. The maximum Gasteiger partial charge on any atom is 0.276 e. The van der Waals surface area contributed by atoms with E-state index >= 15 is 0 Å². The van der Waals surface area contributed by atoms with Crippen LogP contribution in [0.2, 0.25) is 15.1 Å². The smallest absolute Gasteiger partial charge is 0.276 e. The van der Waals surface area contributed by atoms with Crippen molar-refractivity contribution in [2.75, 3.05) is 0 Å². The zero-order valence-corrected chi connectivity index (χ0v) is 16.7. The predicted octanol–water partition coefficient (Wildman–Crippen LogP) is 4.62. The average Bonchev–Trinajstić information content (AvgIpc) is 2.66. The van der Waals surface area contributed by atoms with Crippen LogP contribution in [-0.4, -0.2) is 16.7 Å². The molecule has 0 bridgehead atoms. The molecule has 3 aromatic rings. The Labute approximate surface area is 176 Å². The van der Waals surface area contributed by atoms with Crippen LogP contribution in [0.15, 0.2) is 70.7 Å². The van der Waals surface area contributed by atoms with Gasteiger partial charge >= 0.3 is 0 Å². The third-order valence-corrected chi connectivity index (χ3v) is 4.80. The van der Waals surface area contributed by atoms with Crippen molar-refractivity contribution in [3.8, 4) is 0 Å². The zero-order chi connectivity index (χ0) is 20.1. The molecule has 142 valence electrons. The number of benzene rings is 2. The Morgan fingerprint density at radius 2 is 1.86 bits per heavy atom. The number of rotatable bonds is 5. The quantitative estimate of drug-likeness (QED) is 0.470. The maximum atomic E-state index is 12.6. The lowest BCUT2D eigenvalue weighted by Crippen LogP contribution is -2.30. The van der Waals surface area contributed by atoms with Gasteiger partial charge in [0.25, 0.3) is 11.5 Å². The third-order valence-electron chi connectivity index (χ3n) is 3.83. The normalized spacial score (nSPS) is 11.0. The first kappa shape index (κ1) is 20.1. The van der Waals surface area contributed by atoms with Gasteiger partial charge in [-0.3, -0.25) is 9.59 Å². The van der Waals surface area contributed by atoms with Gasteiger partial charge in [0, 0.05) is 11.2 Å². The van der Waals surface area contributed by atoms with Gasteiger partial charge < -0.3 is 4.57 Å². The summed E-state index contributed by atoms with van der Waals surface area (Å²) in [6, 6.07) is 15.2. The summed E-state index contributed by atoms with van der Waals surface area (Å²) in [5.74, 6) is -0.605. The van der Waals surface area contributed by atoms with Crippen molar-refractivity contribution in [3.63, 3.8) is 0 Å². The Bertz CT molecular complexity index is 1110. The van der Waals surface area contributed by atoms with Gasteiger partial charge in [-0.05, 0) is 47.5 Å². The standard InChI is InChI=1S/C20H14Cl3N3O2/c21-15-4-1-3-13(9-15)11-24-25-19(27)16-5-2-8-26(20(16)28)12-14-6-7-17(22)18(23)10-14/h1-11H,12H2,(H,25,27)/b24-11-. The molecule has 0 atom stereocenters. The van der Waals surface area contributed by atoms with E-state index in [9.17, 15) is 9.59 Å². The molecule has 1 heterocycles.